The highest BCUT2D eigenvalue weighted by Gasteiger charge is 2.28. The van der Waals surface area contributed by atoms with Gasteiger partial charge in [0.05, 0.1) is 22.9 Å². The fourth-order valence-corrected chi connectivity index (χ4v) is 4.63. The Kier molecular flexibility index (Phi) is 5.15. The first-order chi connectivity index (χ1) is 11.9. The van der Waals surface area contributed by atoms with Crippen LogP contribution in [-0.4, -0.2) is 28.3 Å². The van der Waals surface area contributed by atoms with Gasteiger partial charge in [0.15, 0.2) is 0 Å². The number of fused-ring (bicyclic) bond motifs is 1. The maximum absolute atomic E-state index is 12.7. The molecule has 0 saturated carbocycles. The zero-order valence-corrected chi connectivity index (χ0v) is 16.0. The molecule has 0 aromatic carbocycles. The summed E-state index contributed by atoms with van der Waals surface area (Å²) in [5.74, 6) is -0.762. The number of esters is 1. The first-order valence-corrected chi connectivity index (χ1v) is 9.45. The summed E-state index contributed by atoms with van der Waals surface area (Å²) in [4.78, 5) is 26.3. The van der Waals surface area contributed by atoms with Gasteiger partial charge in [0, 0.05) is 11.9 Å². The fourth-order valence-electron chi connectivity index (χ4n) is 3.11. The Balaban J connectivity index is 1.98. The predicted molar refractivity (Wildman–Crippen MR) is 97.8 cm³/mol. The van der Waals surface area contributed by atoms with Crippen molar-refractivity contribution in [3.63, 3.8) is 0 Å². The molecule has 1 amide bonds. The number of hydrogen-bond acceptors (Lipinski definition) is 5. The van der Waals surface area contributed by atoms with Gasteiger partial charge in [-0.05, 0) is 45.1 Å². The fraction of sp³-hybridized carbons (Fsp3) is 0.471. The van der Waals surface area contributed by atoms with Crippen molar-refractivity contribution in [3.8, 4) is 0 Å². The molecule has 25 heavy (non-hydrogen) atoms. The van der Waals surface area contributed by atoms with Crippen molar-refractivity contribution in [1.82, 2.24) is 9.78 Å². The highest BCUT2D eigenvalue weighted by Crippen LogP contribution is 2.39. The summed E-state index contributed by atoms with van der Waals surface area (Å²) in [6, 6.07) is 0. The number of amides is 1. The Morgan fingerprint density at radius 3 is 2.72 bits per heavy atom. The van der Waals surface area contributed by atoms with Crippen LogP contribution < -0.4 is 5.32 Å². The number of aromatic nitrogens is 2. The molecule has 0 atom stereocenters. The normalized spacial score (nSPS) is 13.4. The topological polar surface area (TPSA) is 73.2 Å². The van der Waals surface area contributed by atoms with Crippen LogP contribution in [0.5, 0.6) is 0 Å². The molecule has 0 spiro atoms. The van der Waals surface area contributed by atoms with E-state index in [4.69, 9.17) is 16.3 Å². The number of nitrogens with zero attached hydrogens (tertiary/aromatic N) is 2. The molecule has 0 bridgehead atoms. The first-order valence-electron chi connectivity index (χ1n) is 8.26. The van der Waals surface area contributed by atoms with Crippen LogP contribution in [0, 0.1) is 6.92 Å². The highest BCUT2D eigenvalue weighted by molar-refractivity contribution is 7.17. The zero-order valence-electron chi connectivity index (χ0n) is 14.4. The minimum Gasteiger partial charge on any atom is -0.462 e. The number of hydrogen-bond donors (Lipinski definition) is 1. The third-order valence-electron chi connectivity index (χ3n) is 4.24. The number of halogens is 1. The average Bonchev–Trinajstić information content (AvgIpc) is 3.04. The third kappa shape index (κ3) is 3.30. The molecule has 0 saturated heterocycles. The van der Waals surface area contributed by atoms with E-state index >= 15 is 0 Å². The van der Waals surface area contributed by atoms with Gasteiger partial charge in [-0.3, -0.25) is 9.48 Å². The molecule has 0 aliphatic heterocycles. The van der Waals surface area contributed by atoms with Crippen LogP contribution in [0.15, 0.2) is 0 Å². The smallest absolute Gasteiger partial charge is 0.341 e. The van der Waals surface area contributed by atoms with Crippen LogP contribution >= 0.6 is 22.9 Å². The molecule has 2 aromatic heterocycles. The zero-order chi connectivity index (χ0) is 18.1. The van der Waals surface area contributed by atoms with Crippen molar-refractivity contribution in [2.45, 2.75) is 39.5 Å². The molecule has 8 heteroatoms. The molecular weight excluding hydrogens is 362 g/mol. The lowest BCUT2D eigenvalue weighted by Gasteiger charge is -2.12. The predicted octanol–water partition coefficient (Wildman–Crippen LogP) is 3.75. The number of thiophene rings is 1. The van der Waals surface area contributed by atoms with E-state index in [9.17, 15) is 9.59 Å². The van der Waals surface area contributed by atoms with Crippen molar-refractivity contribution in [2.75, 3.05) is 11.9 Å². The molecule has 1 aliphatic carbocycles. The molecule has 3 rings (SSSR count). The van der Waals surface area contributed by atoms with Gasteiger partial charge < -0.3 is 10.1 Å². The van der Waals surface area contributed by atoms with Gasteiger partial charge >= 0.3 is 5.97 Å². The minimum absolute atomic E-state index is 0.278. The molecule has 2 heterocycles. The average molecular weight is 382 g/mol. The van der Waals surface area contributed by atoms with Gasteiger partial charge in [-0.15, -0.1) is 11.3 Å². The van der Waals surface area contributed by atoms with Gasteiger partial charge in [0.25, 0.3) is 5.91 Å². The van der Waals surface area contributed by atoms with E-state index in [0.717, 1.165) is 36.1 Å². The van der Waals surface area contributed by atoms with Crippen LogP contribution in [0.4, 0.5) is 5.00 Å². The first kappa shape index (κ1) is 17.9. The summed E-state index contributed by atoms with van der Waals surface area (Å²) < 4.78 is 6.65. The Morgan fingerprint density at radius 1 is 1.36 bits per heavy atom. The second-order valence-corrected chi connectivity index (χ2v) is 7.44. The van der Waals surface area contributed by atoms with Gasteiger partial charge in [-0.1, -0.05) is 11.6 Å². The van der Waals surface area contributed by atoms with Crippen molar-refractivity contribution < 1.29 is 14.3 Å². The molecule has 1 aliphatic rings. The number of carbonyl (C=O) groups excluding carboxylic acids is 2. The second-order valence-electron chi connectivity index (χ2n) is 5.96. The number of aryl methyl sites for hydroxylation is 3. The quantitative estimate of drug-likeness (QED) is 0.818. The van der Waals surface area contributed by atoms with E-state index in [1.54, 1.807) is 20.9 Å². The number of nitrogens with one attached hydrogen (secondary N) is 1. The number of anilines is 1. The molecule has 0 fully saturated rings. The number of ether oxygens (including phenoxy) is 1. The van der Waals surface area contributed by atoms with Gasteiger partial charge in [-0.25, -0.2) is 4.79 Å². The Morgan fingerprint density at radius 2 is 2.08 bits per heavy atom. The standard InChI is InChI=1S/C17H20ClN3O3S/c1-4-24-17(23)12-10-7-5-6-8-11(10)25-16(12)19-15(22)14-13(18)9(2)20-21(14)3/h4-8H2,1-3H3,(H,19,22). The van der Waals surface area contributed by atoms with Gasteiger partial charge in [0.1, 0.15) is 10.7 Å². The summed E-state index contributed by atoms with van der Waals surface area (Å²) in [6.45, 7) is 3.81. The largest absolute Gasteiger partial charge is 0.462 e. The van der Waals surface area contributed by atoms with Crippen LogP contribution in [0.3, 0.4) is 0 Å². The monoisotopic (exact) mass is 381 g/mol. The lowest BCUT2D eigenvalue weighted by molar-refractivity contribution is 0.0526. The van der Waals surface area contributed by atoms with Gasteiger partial charge in [-0.2, -0.15) is 5.10 Å². The molecular formula is C17H20ClN3O3S. The second kappa shape index (κ2) is 7.17. The van der Waals surface area contributed by atoms with Crippen LogP contribution in [-0.2, 0) is 24.6 Å². The van der Waals surface area contributed by atoms with E-state index in [1.807, 2.05) is 0 Å². The SMILES string of the molecule is CCOC(=O)c1c(NC(=O)c2c(Cl)c(C)nn2C)sc2c1CCCC2. The van der Waals surface area contributed by atoms with E-state index < -0.39 is 0 Å². The summed E-state index contributed by atoms with van der Waals surface area (Å²) >= 11 is 7.65. The van der Waals surface area contributed by atoms with Crippen LogP contribution in [0.2, 0.25) is 5.02 Å². The van der Waals surface area contributed by atoms with E-state index in [2.05, 4.69) is 10.4 Å². The molecule has 0 radical (unpaired) electrons. The molecule has 134 valence electrons. The van der Waals surface area contributed by atoms with Crippen molar-refractivity contribution >= 4 is 39.8 Å². The van der Waals surface area contributed by atoms with Gasteiger partial charge in [0.2, 0.25) is 0 Å². The van der Waals surface area contributed by atoms with Crippen molar-refractivity contribution in [3.05, 3.63) is 32.4 Å². The lowest BCUT2D eigenvalue weighted by atomic mass is 9.95. The maximum Gasteiger partial charge on any atom is 0.341 e. The third-order valence-corrected chi connectivity index (χ3v) is 5.90. The lowest BCUT2D eigenvalue weighted by Crippen LogP contribution is -2.18. The molecule has 6 nitrogen and oxygen atoms in total. The summed E-state index contributed by atoms with van der Waals surface area (Å²) in [6.07, 6.45) is 3.89. The van der Waals surface area contributed by atoms with E-state index in [0.29, 0.717) is 27.9 Å². The molecule has 0 unspecified atom stereocenters. The minimum atomic E-state index is -0.385. The maximum atomic E-state index is 12.7. The Bertz CT molecular complexity index is 841. The summed E-state index contributed by atoms with van der Waals surface area (Å²) in [5.41, 5.74) is 2.37. The van der Waals surface area contributed by atoms with Crippen LogP contribution in [0.25, 0.3) is 0 Å². The Labute approximate surface area is 155 Å². The Hall–Kier alpha value is -1.86. The van der Waals surface area contributed by atoms with Crippen molar-refractivity contribution in [1.29, 1.82) is 0 Å². The summed E-state index contributed by atoms with van der Waals surface area (Å²) in [5, 5.41) is 7.86. The summed E-state index contributed by atoms with van der Waals surface area (Å²) in [7, 11) is 1.67. The van der Waals surface area contributed by atoms with E-state index in [1.165, 1.54) is 16.0 Å². The highest BCUT2D eigenvalue weighted by atomic mass is 35.5. The molecule has 1 N–H and O–H groups in total. The number of carbonyl (C=O) groups is 2. The number of rotatable bonds is 4. The molecule has 2 aromatic rings. The van der Waals surface area contributed by atoms with Crippen molar-refractivity contribution in [2.24, 2.45) is 7.05 Å². The van der Waals surface area contributed by atoms with Crippen LogP contribution in [0.1, 0.15) is 56.7 Å². The van der Waals surface area contributed by atoms with E-state index in [-0.39, 0.29) is 17.6 Å².